The molecule has 17 heavy (non-hydrogen) atoms. The van der Waals surface area contributed by atoms with Gasteiger partial charge >= 0.3 is 0 Å². The van der Waals surface area contributed by atoms with Crippen molar-refractivity contribution in [3.05, 3.63) is 0 Å². The lowest BCUT2D eigenvalue weighted by Gasteiger charge is -2.23. The molecule has 0 rings (SSSR count). The molecule has 0 spiro atoms. The summed E-state index contributed by atoms with van der Waals surface area (Å²) in [5.74, 6) is -0.0919. The highest BCUT2D eigenvalue weighted by Gasteiger charge is 2.23. The summed E-state index contributed by atoms with van der Waals surface area (Å²) in [5, 5.41) is 11.4. The SMILES string of the molecule is CCCCS(=O)(=O)N(CC)CC(C)/C(N)=N/O. The van der Waals surface area contributed by atoms with E-state index in [1.165, 1.54) is 4.31 Å². The van der Waals surface area contributed by atoms with E-state index in [-0.39, 0.29) is 24.1 Å². The molecule has 0 aromatic carbocycles. The fraction of sp³-hybridized carbons (Fsp3) is 0.900. The molecule has 0 bridgehead atoms. The Labute approximate surface area is 104 Å². The molecular weight excluding hydrogens is 242 g/mol. The minimum atomic E-state index is -3.23. The average molecular weight is 265 g/mol. The van der Waals surface area contributed by atoms with Crippen molar-refractivity contribution in [1.29, 1.82) is 0 Å². The van der Waals surface area contributed by atoms with Crippen LogP contribution in [0, 0.1) is 5.92 Å². The molecule has 0 aliphatic rings. The van der Waals surface area contributed by atoms with Crippen LogP contribution in [-0.2, 0) is 10.0 Å². The number of rotatable bonds is 8. The molecule has 1 unspecified atom stereocenters. The smallest absolute Gasteiger partial charge is 0.214 e. The predicted molar refractivity (Wildman–Crippen MR) is 68.5 cm³/mol. The highest BCUT2D eigenvalue weighted by molar-refractivity contribution is 7.89. The van der Waals surface area contributed by atoms with E-state index in [0.29, 0.717) is 13.0 Å². The minimum absolute atomic E-state index is 0.0501. The van der Waals surface area contributed by atoms with Gasteiger partial charge in [-0.25, -0.2) is 12.7 Å². The molecule has 0 fully saturated rings. The summed E-state index contributed by atoms with van der Waals surface area (Å²) in [4.78, 5) is 0. The second-order valence-corrected chi connectivity index (χ2v) is 6.13. The van der Waals surface area contributed by atoms with Gasteiger partial charge in [0.1, 0.15) is 5.84 Å². The van der Waals surface area contributed by atoms with Crippen LogP contribution < -0.4 is 5.73 Å². The van der Waals surface area contributed by atoms with E-state index in [9.17, 15) is 8.42 Å². The second-order valence-electron chi connectivity index (χ2n) is 4.05. The molecule has 0 amide bonds. The third-order valence-corrected chi connectivity index (χ3v) is 4.60. The van der Waals surface area contributed by atoms with Crippen molar-refractivity contribution < 1.29 is 13.6 Å². The van der Waals surface area contributed by atoms with Gasteiger partial charge in [-0.1, -0.05) is 32.3 Å². The highest BCUT2D eigenvalue weighted by atomic mass is 32.2. The third kappa shape index (κ3) is 5.36. The van der Waals surface area contributed by atoms with Crippen LogP contribution in [0.5, 0.6) is 0 Å². The molecular formula is C10H23N3O3S. The number of hydrogen-bond acceptors (Lipinski definition) is 4. The predicted octanol–water partition coefficient (Wildman–Crippen LogP) is 0.821. The van der Waals surface area contributed by atoms with Crippen molar-refractivity contribution in [2.24, 2.45) is 16.8 Å². The molecule has 0 heterocycles. The summed E-state index contributed by atoms with van der Waals surface area (Å²) in [6.07, 6.45) is 1.49. The van der Waals surface area contributed by atoms with Gasteiger partial charge in [0.2, 0.25) is 10.0 Å². The minimum Gasteiger partial charge on any atom is -0.409 e. The number of amidine groups is 1. The maximum Gasteiger partial charge on any atom is 0.214 e. The first-order chi connectivity index (χ1) is 7.88. The Bertz CT molecular complexity index is 341. The molecule has 0 saturated heterocycles. The number of nitrogens with zero attached hydrogens (tertiary/aromatic N) is 2. The second kappa shape index (κ2) is 7.50. The van der Waals surface area contributed by atoms with Crippen molar-refractivity contribution in [3.63, 3.8) is 0 Å². The first kappa shape index (κ1) is 16.2. The standard InChI is InChI=1S/C10H23N3O3S/c1-4-6-7-17(15,16)13(5-2)8-9(3)10(11)12-14/h9,14H,4-8H2,1-3H3,(H2,11,12). The van der Waals surface area contributed by atoms with Crippen LogP contribution >= 0.6 is 0 Å². The van der Waals surface area contributed by atoms with Crippen molar-refractivity contribution in [2.45, 2.75) is 33.6 Å². The average Bonchev–Trinajstić information content (AvgIpc) is 2.31. The van der Waals surface area contributed by atoms with E-state index in [4.69, 9.17) is 10.9 Å². The highest BCUT2D eigenvalue weighted by Crippen LogP contribution is 2.08. The number of nitrogens with two attached hydrogens (primary N) is 1. The number of oxime groups is 1. The van der Waals surface area contributed by atoms with Crippen LogP contribution in [0.1, 0.15) is 33.6 Å². The molecule has 0 aromatic heterocycles. The van der Waals surface area contributed by atoms with Crippen LogP contribution in [-0.4, -0.2) is 42.6 Å². The molecule has 0 aliphatic carbocycles. The monoisotopic (exact) mass is 265 g/mol. The first-order valence-corrected chi connectivity index (χ1v) is 7.45. The van der Waals surface area contributed by atoms with Crippen LogP contribution in [0.4, 0.5) is 0 Å². The van der Waals surface area contributed by atoms with Crippen LogP contribution in [0.25, 0.3) is 0 Å². The van der Waals surface area contributed by atoms with Crippen LogP contribution in [0.3, 0.4) is 0 Å². The molecule has 7 heteroatoms. The van der Waals surface area contributed by atoms with E-state index in [2.05, 4.69) is 5.16 Å². The molecule has 1 atom stereocenters. The van der Waals surface area contributed by atoms with Crippen molar-refractivity contribution in [3.8, 4) is 0 Å². The molecule has 3 N–H and O–H groups in total. The number of hydrogen-bond donors (Lipinski definition) is 2. The Morgan fingerprint density at radius 1 is 1.47 bits per heavy atom. The Morgan fingerprint density at radius 2 is 2.06 bits per heavy atom. The van der Waals surface area contributed by atoms with E-state index in [1.807, 2.05) is 6.92 Å². The molecule has 0 radical (unpaired) electrons. The molecule has 0 aromatic rings. The largest absolute Gasteiger partial charge is 0.409 e. The topological polar surface area (TPSA) is 96.0 Å². The molecule has 0 aliphatic heterocycles. The van der Waals surface area contributed by atoms with Crippen molar-refractivity contribution in [2.75, 3.05) is 18.8 Å². The lowest BCUT2D eigenvalue weighted by molar-refractivity contribution is 0.311. The summed E-state index contributed by atoms with van der Waals surface area (Å²) in [5.41, 5.74) is 5.44. The normalized spacial score (nSPS) is 15.2. The summed E-state index contributed by atoms with van der Waals surface area (Å²) in [7, 11) is -3.23. The Morgan fingerprint density at radius 3 is 2.47 bits per heavy atom. The lowest BCUT2D eigenvalue weighted by atomic mass is 10.1. The summed E-state index contributed by atoms with van der Waals surface area (Å²) >= 11 is 0. The van der Waals surface area contributed by atoms with Gasteiger partial charge in [0.15, 0.2) is 0 Å². The summed E-state index contributed by atoms with van der Waals surface area (Å²) in [6.45, 7) is 6.11. The molecule has 6 nitrogen and oxygen atoms in total. The third-order valence-electron chi connectivity index (χ3n) is 2.60. The van der Waals surface area contributed by atoms with E-state index in [0.717, 1.165) is 6.42 Å². The van der Waals surface area contributed by atoms with E-state index >= 15 is 0 Å². The van der Waals surface area contributed by atoms with Gasteiger partial charge in [0.05, 0.1) is 5.75 Å². The zero-order valence-corrected chi connectivity index (χ0v) is 11.6. The first-order valence-electron chi connectivity index (χ1n) is 5.84. The summed E-state index contributed by atoms with van der Waals surface area (Å²) in [6, 6.07) is 0. The van der Waals surface area contributed by atoms with E-state index in [1.54, 1.807) is 13.8 Å². The fourth-order valence-electron chi connectivity index (χ4n) is 1.39. The van der Waals surface area contributed by atoms with Gasteiger partial charge in [-0.2, -0.15) is 0 Å². The van der Waals surface area contributed by atoms with Crippen LogP contribution in [0.15, 0.2) is 5.16 Å². The quantitative estimate of drug-likeness (QED) is 0.294. The zero-order valence-electron chi connectivity index (χ0n) is 10.8. The summed E-state index contributed by atoms with van der Waals surface area (Å²) < 4.78 is 25.3. The Balaban J connectivity index is 4.62. The number of sulfonamides is 1. The van der Waals surface area contributed by atoms with Gasteiger partial charge < -0.3 is 10.9 Å². The molecule has 0 saturated carbocycles. The Hall–Kier alpha value is -0.820. The van der Waals surface area contributed by atoms with Gasteiger partial charge in [-0.05, 0) is 6.42 Å². The zero-order chi connectivity index (χ0) is 13.5. The van der Waals surface area contributed by atoms with E-state index < -0.39 is 10.0 Å². The maximum atomic E-state index is 11.9. The van der Waals surface area contributed by atoms with Crippen molar-refractivity contribution in [1.82, 2.24) is 4.31 Å². The van der Waals surface area contributed by atoms with Gasteiger partial charge in [0, 0.05) is 19.0 Å². The van der Waals surface area contributed by atoms with Crippen molar-refractivity contribution >= 4 is 15.9 Å². The number of unbranched alkanes of at least 4 members (excludes halogenated alkanes) is 1. The molecule has 102 valence electrons. The lowest BCUT2D eigenvalue weighted by Crippen LogP contribution is -2.39. The van der Waals surface area contributed by atoms with Gasteiger partial charge in [0.25, 0.3) is 0 Å². The Kier molecular flexibility index (Phi) is 7.13. The fourth-order valence-corrected chi connectivity index (χ4v) is 3.15. The van der Waals surface area contributed by atoms with Gasteiger partial charge in [-0.3, -0.25) is 0 Å². The van der Waals surface area contributed by atoms with Crippen LogP contribution in [0.2, 0.25) is 0 Å². The maximum absolute atomic E-state index is 11.9. The van der Waals surface area contributed by atoms with Gasteiger partial charge in [-0.15, -0.1) is 0 Å².